The average Bonchev–Trinajstić information content (AvgIpc) is 2.42. The molecule has 2 rings (SSSR count). The van der Waals surface area contributed by atoms with Gasteiger partial charge in [-0.25, -0.2) is 8.78 Å². The van der Waals surface area contributed by atoms with E-state index in [4.69, 9.17) is 5.73 Å². The first-order valence-electron chi connectivity index (χ1n) is 6.05. The molecule has 0 amide bonds. The summed E-state index contributed by atoms with van der Waals surface area (Å²) in [5.41, 5.74) is 7.90. The van der Waals surface area contributed by atoms with Crippen LogP contribution in [0.4, 0.5) is 14.5 Å². The molecule has 0 aliphatic heterocycles. The van der Waals surface area contributed by atoms with Gasteiger partial charge in [0.2, 0.25) is 0 Å². The number of nitrogens with two attached hydrogens (primary N) is 1. The Balaban J connectivity index is 2.25. The summed E-state index contributed by atoms with van der Waals surface area (Å²) < 4.78 is 26.8. The first-order chi connectivity index (χ1) is 9.11. The van der Waals surface area contributed by atoms with Gasteiger partial charge in [-0.05, 0) is 29.8 Å². The van der Waals surface area contributed by atoms with Crippen molar-refractivity contribution in [3.05, 3.63) is 65.2 Å². The zero-order valence-electron chi connectivity index (χ0n) is 10.7. The van der Waals surface area contributed by atoms with E-state index in [1.165, 1.54) is 6.07 Å². The Morgan fingerprint density at radius 1 is 1.05 bits per heavy atom. The number of hydrogen-bond acceptors (Lipinski definition) is 2. The Kier molecular flexibility index (Phi) is 4.12. The summed E-state index contributed by atoms with van der Waals surface area (Å²) in [6.07, 6.45) is 0. The van der Waals surface area contributed by atoms with Gasteiger partial charge in [-0.3, -0.25) is 0 Å². The van der Waals surface area contributed by atoms with Crippen molar-refractivity contribution in [3.8, 4) is 0 Å². The van der Waals surface area contributed by atoms with Crippen LogP contribution in [0.3, 0.4) is 0 Å². The molecule has 0 heterocycles. The highest BCUT2D eigenvalue weighted by Crippen LogP contribution is 2.21. The molecule has 0 saturated heterocycles. The Bertz CT molecular complexity index is 570. The van der Waals surface area contributed by atoms with E-state index >= 15 is 0 Å². The maximum absolute atomic E-state index is 13.6. The molecule has 2 aromatic carbocycles. The summed E-state index contributed by atoms with van der Waals surface area (Å²) in [7, 11) is 1.83. The van der Waals surface area contributed by atoms with E-state index in [2.05, 4.69) is 0 Å². The summed E-state index contributed by atoms with van der Waals surface area (Å²) in [6, 6.07) is 11.1. The van der Waals surface area contributed by atoms with Gasteiger partial charge in [-0.1, -0.05) is 18.2 Å². The minimum Gasteiger partial charge on any atom is -0.370 e. The maximum atomic E-state index is 13.6. The fourth-order valence-corrected chi connectivity index (χ4v) is 2.06. The van der Waals surface area contributed by atoms with Gasteiger partial charge in [0.1, 0.15) is 11.6 Å². The van der Waals surface area contributed by atoms with Crippen LogP contribution in [0.15, 0.2) is 42.5 Å². The molecule has 0 fully saturated rings. The normalized spacial score (nSPS) is 10.5. The second-order valence-corrected chi connectivity index (χ2v) is 4.42. The lowest BCUT2D eigenvalue weighted by molar-refractivity contribution is 0.583. The van der Waals surface area contributed by atoms with E-state index in [1.54, 1.807) is 0 Å². The predicted molar refractivity (Wildman–Crippen MR) is 72.8 cm³/mol. The second-order valence-electron chi connectivity index (χ2n) is 4.42. The number of hydrogen-bond donors (Lipinski definition) is 1. The second kappa shape index (κ2) is 5.80. The third kappa shape index (κ3) is 3.09. The van der Waals surface area contributed by atoms with Gasteiger partial charge < -0.3 is 10.6 Å². The third-order valence-electron chi connectivity index (χ3n) is 3.04. The quantitative estimate of drug-likeness (QED) is 0.917. The molecule has 100 valence electrons. The van der Waals surface area contributed by atoms with Crippen molar-refractivity contribution in [1.82, 2.24) is 0 Å². The zero-order chi connectivity index (χ0) is 13.8. The predicted octanol–water partition coefficient (Wildman–Crippen LogP) is 3.06. The highest BCUT2D eigenvalue weighted by Gasteiger charge is 2.10. The molecular formula is C15H16F2N2. The Morgan fingerprint density at radius 3 is 2.53 bits per heavy atom. The molecule has 2 aromatic rings. The van der Waals surface area contributed by atoms with Crippen molar-refractivity contribution in [3.63, 3.8) is 0 Å². The highest BCUT2D eigenvalue weighted by atomic mass is 19.1. The molecule has 0 aliphatic rings. The van der Waals surface area contributed by atoms with Crippen molar-refractivity contribution in [2.24, 2.45) is 5.73 Å². The largest absolute Gasteiger partial charge is 0.370 e. The molecular weight excluding hydrogens is 246 g/mol. The molecule has 0 bridgehead atoms. The average molecular weight is 262 g/mol. The molecule has 0 spiro atoms. The van der Waals surface area contributed by atoms with Gasteiger partial charge in [-0.2, -0.15) is 0 Å². The van der Waals surface area contributed by atoms with Crippen LogP contribution in [0.1, 0.15) is 11.1 Å². The number of benzene rings is 2. The molecule has 4 heteroatoms. The lowest BCUT2D eigenvalue weighted by Crippen LogP contribution is -2.19. The van der Waals surface area contributed by atoms with Crippen LogP contribution >= 0.6 is 0 Å². The summed E-state index contributed by atoms with van der Waals surface area (Å²) >= 11 is 0. The Labute approximate surface area is 111 Å². The minimum absolute atomic E-state index is 0.292. The molecule has 2 N–H and O–H groups in total. The number of rotatable bonds is 4. The van der Waals surface area contributed by atoms with Gasteiger partial charge in [0, 0.05) is 31.4 Å². The van der Waals surface area contributed by atoms with E-state index in [-0.39, 0.29) is 0 Å². The minimum atomic E-state index is -0.433. The molecule has 0 aromatic heterocycles. The topological polar surface area (TPSA) is 29.3 Å². The molecule has 0 aliphatic carbocycles. The van der Waals surface area contributed by atoms with Crippen LogP contribution in [0, 0.1) is 11.6 Å². The van der Waals surface area contributed by atoms with Gasteiger partial charge in [0.15, 0.2) is 0 Å². The van der Waals surface area contributed by atoms with E-state index in [9.17, 15) is 8.78 Å². The van der Waals surface area contributed by atoms with Crippen LogP contribution in [0.2, 0.25) is 0 Å². The number of halogens is 2. The molecule has 0 saturated carbocycles. The van der Waals surface area contributed by atoms with Crippen molar-refractivity contribution < 1.29 is 8.78 Å². The van der Waals surface area contributed by atoms with Gasteiger partial charge in [-0.15, -0.1) is 0 Å². The molecule has 19 heavy (non-hydrogen) atoms. The smallest absolute Gasteiger partial charge is 0.128 e. The maximum Gasteiger partial charge on any atom is 0.128 e. The monoisotopic (exact) mass is 262 g/mol. The standard InChI is InChI=1S/C15H16F2N2/c1-19(15-5-3-2-4-11(15)9-18)10-12-8-13(16)6-7-14(12)17/h2-8H,9-10,18H2,1H3. The van der Waals surface area contributed by atoms with Gasteiger partial charge in [0.05, 0.1) is 0 Å². The highest BCUT2D eigenvalue weighted by molar-refractivity contribution is 5.53. The van der Waals surface area contributed by atoms with Crippen molar-refractivity contribution in [1.29, 1.82) is 0 Å². The van der Waals surface area contributed by atoms with Crippen LogP contribution in [0.25, 0.3) is 0 Å². The van der Waals surface area contributed by atoms with Crippen LogP contribution < -0.4 is 10.6 Å². The van der Waals surface area contributed by atoms with Crippen LogP contribution in [0.5, 0.6) is 0 Å². The summed E-state index contributed by atoms with van der Waals surface area (Å²) in [4.78, 5) is 1.86. The third-order valence-corrected chi connectivity index (χ3v) is 3.04. The number of anilines is 1. The lowest BCUT2D eigenvalue weighted by Gasteiger charge is -2.22. The number of nitrogens with zero attached hydrogens (tertiary/aromatic N) is 1. The molecule has 2 nitrogen and oxygen atoms in total. The summed E-state index contributed by atoms with van der Waals surface area (Å²) in [6.45, 7) is 0.701. The zero-order valence-corrected chi connectivity index (χ0v) is 10.7. The van der Waals surface area contributed by atoms with E-state index in [1.807, 2.05) is 36.2 Å². The van der Waals surface area contributed by atoms with Crippen LogP contribution in [-0.2, 0) is 13.1 Å². The van der Waals surface area contributed by atoms with Gasteiger partial charge >= 0.3 is 0 Å². The van der Waals surface area contributed by atoms with Crippen molar-refractivity contribution in [2.45, 2.75) is 13.1 Å². The van der Waals surface area contributed by atoms with Crippen LogP contribution in [-0.4, -0.2) is 7.05 Å². The molecule has 0 radical (unpaired) electrons. The SMILES string of the molecule is CN(Cc1cc(F)ccc1F)c1ccccc1CN. The Morgan fingerprint density at radius 2 is 1.79 bits per heavy atom. The van der Waals surface area contributed by atoms with E-state index in [0.717, 1.165) is 23.4 Å². The fourth-order valence-electron chi connectivity index (χ4n) is 2.06. The first-order valence-corrected chi connectivity index (χ1v) is 6.05. The van der Waals surface area contributed by atoms with Gasteiger partial charge in [0.25, 0.3) is 0 Å². The molecule has 0 unspecified atom stereocenters. The summed E-state index contributed by atoms with van der Waals surface area (Å²) in [5, 5.41) is 0. The van der Waals surface area contributed by atoms with E-state index in [0.29, 0.717) is 18.7 Å². The number of para-hydroxylation sites is 1. The van der Waals surface area contributed by atoms with E-state index < -0.39 is 11.6 Å². The van der Waals surface area contributed by atoms with Crippen molar-refractivity contribution in [2.75, 3.05) is 11.9 Å². The fraction of sp³-hybridized carbons (Fsp3) is 0.200. The summed E-state index contributed by atoms with van der Waals surface area (Å²) in [5.74, 6) is -0.838. The lowest BCUT2D eigenvalue weighted by atomic mass is 10.1. The first kappa shape index (κ1) is 13.5. The Hall–Kier alpha value is -1.94. The van der Waals surface area contributed by atoms with Crippen molar-refractivity contribution >= 4 is 5.69 Å². The molecule has 0 atom stereocenters.